The van der Waals surface area contributed by atoms with Crippen LogP contribution in [0.15, 0.2) is 54.2 Å². The molecule has 1 fully saturated rings. The highest BCUT2D eigenvalue weighted by atomic mass is 16.5. The molecule has 3 heterocycles. The number of hydrogen-bond donors (Lipinski definition) is 1. The number of amides is 1. The van der Waals surface area contributed by atoms with Crippen LogP contribution in [-0.2, 0) is 14.3 Å². The molecule has 1 aliphatic heterocycles. The van der Waals surface area contributed by atoms with E-state index in [-0.39, 0.29) is 24.5 Å². The lowest BCUT2D eigenvalue weighted by molar-refractivity contribution is -0.140. The van der Waals surface area contributed by atoms with Crippen LogP contribution >= 0.6 is 0 Å². The lowest BCUT2D eigenvalue weighted by atomic mass is 9.96. The highest BCUT2D eigenvalue weighted by molar-refractivity contribution is 6.46. The number of likely N-dealkylation sites (tertiary alicyclic amines) is 1. The van der Waals surface area contributed by atoms with Crippen molar-refractivity contribution in [2.75, 3.05) is 26.9 Å². The zero-order valence-electron chi connectivity index (χ0n) is 19.7. The highest BCUT2D eigenvalue weighted by Crippen LogP contribution is 2.40. The zero-order valence-corrected chi connectivity index (χ0v) is 19.7. The number of imidazole rings is 1. The predicted molar refractivity (Wildman–Crippen MR) is 128 cm³/mol. The van der Waals surface area contributed by atoms with Crippen LogP contribution in [-0.4, -0.2) is 57.9 Å². The molecular weight excluding hydrogens is 434 g/mol. The number of ether oxygens (including phenoxy) is 2. The van der Waals surface area contributed by atoms with Gasteiger partial charge in [0.2, 0.25) is 0 Å². The fourth-order valence-electron chi connectivity index (χ4n) is 4.25. The number of unbranched alkanes of at least 4 members (excludes halogenated alkanes) is 1. The molecule has 0 saturated carbocycles. The van der Waals surface area contributed by atoms with Gasteiger partial charge in [-0.1, -0.05) is 31.5 Å². The number of hydrogen-bond acceptors (Lipinski definition) is 6. The molecule has 1 N–H and O–H groups in total. The van der Waals surface area contributed by atoms with Gasteiger partial charge in [0.15, 0.2) is 5.76 Å². The third kappa shape index (κ3) is 4.28. The third-order valence-corrected chi connectivity index (χ3v) is 5.97. The van der Waals surface area contributed by atoms with Gasteiger partial charge in [0.25, 0.3) is 11.7 Å². The maximum absolute atomic E-state index is 13.2. The molecule has 8 heteroatoms. The molecule has 0 radical (unpaired) electrons. The van der Waals surface area contributed by atoms with E-state index in [2.05, 4.69) is 11.9 Å². The number of aromatic nitrogens is 2. The van der Waals surface area contributed by atoms with Gasteiger partial charge in [0.05, 0.1) is 30.5 Å². The van der Waals surface area contributed by atoms with Crippen molar-refractivity contribution in [3.8, 4) is 5.75 Å². The first kappa shape index (κ1) is 23.5. The Morgan fingerprint density at radius 1 is 1.12 bits per heavy atom. The van der Waals surface area contributed by atoms with Crippen LogP contribution in [0.5, 0.6) is 5.75 Å². The third-order valence-electron chi connectivity index (χ3n) is 5.97. The second kappa shape index (κ2) is 10.1. The first-order chi connectivity index (χ1) is 16.5. The molecule has 1 aliphatic rings. The van der Waals surface area contributed by atoms with Crippen molar-refractivity contribution in [3.63, 3.8) is 0 Å². The molecule has 8 nitrogen and oxygen atoms in total. The van der Waals surface area contributed by atoms with Crippen molar-refractivity contribution in [2.45, 2.75) is 32.7 Å². The minimum Gasteiger partial charge on any atom is -0.505 e. The molecule has 1 amide bonds. The number of benzene rings is 1. The van der Waals surface area contributed by atoms with E-state index < -0.39 is 17.7 Å². The van der Waals surface area contributed by atoms with Crippen LogP contribution in [0, 0.1) is 6.92 Å². The summed E-state index contributed by atoms with van der Waals surface area (Å²) < 4.78 is 12.6. The van der Waals surface area contributed by atoms with E-state index in [9.17, 15) is 14.7 Å². The molecule has 3 aromatic rings. The first-order valence-electron chi connectivity index (χ1n) is 11.4. The van der Waals surface area contributed by atoms with Gasteiger partial charge in [-0.3, -0.25) is 14.0 Å². The summed E-state index contributed by atoms with van der Waals surface area (Å²) in [5.41, 5.74) is 2.33. The minimum atomic E-state index is -0.756. The predicted octanol–water partition coefficient (Wildman–Crippen LogP) is 3.89. The normalized spacial score (nSPS) is 17.6. The maximum atomic E-state index is 13.2. The Labute approximate surface area is 198 Å². The molecule has 34 heavy (non-hydrogen) atoms. The van der Waals surface area contributed by atoms with Crippen molar-refractivity contribution in [3.05, 3.63) is 71.2 Å². The number of methoxy groups -OCH3 is 1. The molecule has 1 saturated heterocycles. The molecule has 1 unspecified atom stereocenters. The van der Waals surface area contributed by atoms with Crippen molar-refractivity contribution in [1.82, 2.24) is 14.3 Å². The zero-order chi connectivity index (χ0) is 24.2. The van der Waals surface area contributed by atoms with Crippen molar-refractivity contribution in [2.24, 2.45) is 0 Å². The lowest BCUT2D eigenvalue weighted by Crippen LogP contribution is -2.32. The fourth-order valence-corrected chi connectivity index (χ4v) is 4.25. The quantitative estimate of drug-likeness (QED) is 0.224. The van der Waals surface area contributed by atoms with E-state index in [0.717, 1.165) is 12.8 Å². The van der Waals surface area contributed by atoms with Crippen LogP contribution in [0.3, 0.4) is 0 Å². The van der Waals surface area contributed by atoms with Crippen LogP contribution in [0.2, 0.25) is 0 Å². The molecule has 0 aliphatic carbocycles. The van der Waals surface area contributed by atoms with Crippen LogP contribution < -0.4 is 4.74 Å². The van der Waals surface area contributed by atoms with Gasteiger partial charge < -0.3 is 19.5 Å². The number of ketones is 1. The van der Waals surface area contributed by atoms with Gasteiger partial charge in [0.1, 0.15) is 17.1 Å². The van der Waals surface area contributed by atoms with Gasteiger partial charge in [-0.05, 0) is 43.2 Å². The van der Waals surface area contributed by atoms with Crippen LogP contribution in [0.4, 0.5) is 0 Å². The van der Waals surface area contributed by atoms with E-state index in [1.54, 1.807) is 17.5 Å². The van der Waals surface area contributed by atoms with Crippen molar-refractivity contribution in [1.29, 1.82) is 0 Å². The number of Topliss-reactive ketones (excluding diaryl/α,β-unsaturated/α-hetero) is 1. The highest BCUT2D eigenvalue weighted by Gasteiger charge is 2.46. The van der Waals surface area contributed by atoms with E-state index in [0.29, 0.717) is 35.0 Å². The molecule has 2 aromatic heterocycles. The molecule has 1 aromatic carbocycles. The summed E-state index contributed by atoms with van der Waals surface area (Å²) in [4.78, 5) is 32.1. The molecule has 0 spiro atoms. The van der Waals surface area contributed by atoms with Gasteiger partial charge in [0, 0.05) is 19.9 Å². The number of aliphatic hydroxyl groups is 1. The number of carbonyl (C=O) groups is 2. The molecule has 1 atom stereocenters. The van der Waals surface area contributed by atoms with Crippen molar-refractivity contribution < 1.29 is 24.2 Å². The monoisotopic (exact) mass is 463 g/mol. The largest absolute Gasteiger partial charge is 0.505 e. The summed E-state index contributed by atoms with van der Waals surface area (Å²) in [5.74, 6) is -0.933. The number of fused-ring (bicyclic) bond motifs is 1. The second-order valence-electron chi connectivity index (χ2n) is 8.23. The SMILES string of the molecule is CCCCOc1ccc(C2/C(=C(\O)c3c(C)nc4ccccn34)C(=O)C(=O)N2CCOC)cc1. The molecule has 178 valence electrons. The minimum absolute atomic E-state index is 0.0366. The fraction of sp³-hybridized carbons (Fsp3) is 0.346. The number of aliphatic hydroxyl groups excluding tert-OH is 1. The summed E-state index contributed by atoms with van der Waals surface area (Å²) in [6.07, 6.45) is 3.76. The average molecular weight is 464 g/mol. The number of carbonyl (C=O) groups excluding carboxylic acids is 2. The first-order valence-corrected chi connectivity index (χ1v) is 11.4. The number of pyridine rings is 1. The molecular formula is C26H29N3O5. The summed E-state index contributed by atoms with van der Waals surface area (Å²) in [7, 11) is 1.54. The molecule has 0 bridgehead atoms. The second-order valence-corrected chi connectivity index (χ2v) is 8.23. The standard InChI is InChI=1S/C26H29N3O5/c1-4-5-15-34-19-11-9-18(10-12-19)23-21(25(31)26(32)29(23)14-16-33-3)24(30)22-17(2)27-20-8-6-7-13-28(20)22/h6-13,23,30H,4-5,14-16H2,1-3H3/b24-21+. The number of nitrogens with zero attached hydrogens (tertiary/aromatic N) is 3. The van der Waals surface area contributed by atoms with Crippen LogP contribution in [0.25, 0.3) is 11.4 Å². The number of aryl methyl sites for hydroxylation is 1. The Hall–Kier alpha value is -3.65. The molecule has 4 rings (SSSR count). The summed E-state index contributed by atoms with van der Waals surface area (Å²) in [6, 6.07) is 12.0. The Kier molecular flexibility index (Phi) is 6.98. The summed E-state index contributed by atoms with van der Waals surface area (Å²) >= 11 is 0. The number of rotatable bonds is 9. The Morgan fingerprint density at radius 3 is 2.59 bits per heavy atom. The van der Waals surface area contributed by atoms with Gasteiger partial charge in [-0.2, -0.15) is 0 Å². The van der Waals surface area contributed by atoms with Gasteiger partial charge in [-0.15, -0.1) is 0 Å². The van der Waals surface area contributed by atoms with E-state index in [1.165, 1.54) is 12.0 Å². The summed E-state index contributed by atoms with van der Waals surface area (Å²) in [6.45, 7) is 4.96. The van der Waals surface area contributed by atoms with Crippen molar-refractivity contribution >= 4 is 23.1 Å². The van der Waals surface area contributed by atoms with E-state index in [1.807, 2.05) is 42.5 Å². The van der Waals surface area contributed by atoms with E-state index in [4.69, 9.17) is 9.47 Å². The lowest BCUT2D eigenvalue weighted by Gasteiger charge is -2.25. The van der Waals surface area contributed by atoms with Crippen LogP contribution in [0.1, 0.15) is 42.8 Å². The maximum Gasteiger partial charge on any atom is 0.295 e. The average Bonchev–Trinajstić information content (AvgIpc) is 3.31. The Bertz CT molecular complexity index is 1230. The Balaban J connectivity index is 1.81. The van der Waals surface area contributed by atoms with Gasteiger partial charge >= 0.3 is 0 Å². The van der Waals surface area contributed by atoms with Gasteiger partial charge in [-0.25, -0.2) is 4.98 Å². The Morgan fingerprint density at radius 2 is 1.88 bits per heavy atom. The topological polar surface area (TPSA) is 93.4 Å². The summed E-state index contributed by atoms with van der Waals surface area (Å²) in [5, 5.41) is 11.4. The smallest absolute Gasteiger partial charge is 0.295 e. The van der Waals surface area contributed by atoms with E-state index >= 15 is 0 Å².